The Kier molecular flexibility index (Phi) is 4.11. The summed E-state index contributed by atoms with van der Waals surface area (Å²) in [7, 11) is 1.61. The van der Waals surface area contributed by atoms with E-state index in [1.54, 1.807) is 24.8 Å². The Balaban J connectivity index is 1.95. The Bertz CT molecular complexity index is 773. The van der Waals surface area contributed by atoms with Crippen LogP contribution in [-0.2, 0) is 0 Å². The molecule has 0 radical (unpaired) electrons. The molecule has 0 bridgehead atoms. The van der Waals surface area contributed by atoms with Crippen LogP contribution in [0.3, 0.4) is 0 Å². The minimum absolute atomic E-state index is 0.225. The van der Waals surface area contributed by atoms with E-state index >= 15 is 0 Å². The van der Waals surface area contributed by atoms with Crippen molar-refractivity contribution in [2.75, 3.05) is 12.4 Å². The normalized spacial score (nSPS) is 10.2. The molecule has 2 aromatic carbocycles. The lowest BCUT2D eigenvalue weighted by Gasteiger charge is -2.10. The molecule has 1 aromatic heterocycles. The first-order valence-corrected chi connectivity index (χ1v) is 7.47. The number of carbonyl (C=O) groups is 1. The van der Waals surface area contributed by atoms with Crippen molar-refractivity contribution in [3.63, 3.8) is 0 Å². The number of amides is 1. The summed E-state index contributed by atoms with van der Waals surface area (Å²) in [5, 5.41) is 10.7. The van der Waals surface area contributed by atoms with Crippen LogP contribution in [0.4, 0.5) is 5.13 Å². The first kappa shape index (κ1) is 14.2. The van der Waals surface area contributed by atoms with Gasteiger partial charge < -0.3 is 4.74 Å². The molecule has 0 atom stereocenters. The number of carbonyl (C=O) groups excluding carboxylic acids is 1. The fourth-order valence-corrected chi connectivity index (χ4v) is 2.53. The molecule has 0 unspecified atom stereocenters. The number of anilines is 1. The SMILES string of the molecule is COc1ccc(C(=O)Nc2nncs2)cc1-c1ccccc1. The standard InChI is InChI=1S/C16H13N3O2S/c1-21-14-8-7-12(15(20)18-16-19-17-10-22-16)9-13(14)11-5-3-2-4-6-11/h2-10H,1H3,(H,18,19,20). The minimum atomic E-state index is -0.225. The average molecular weight is 311 g/mol. The van der Waals surface area contributed by atoms with Gasteiger partial charge in [0, 0.05) is 11.1 Å². The van der Waals surface area contributed by atoms with Gasteiger partial charge in [-0.3, -0.25) is 10.1 Å². The van der Waals surface area contributed by atoms with Crippen molar-refractivity contribution in [1.82, 2.24) is 10.2 Å². The first-order valence-electron chi connectivity index (χ1n) is 6.59. The number of hydrogen-bond acceptors (Lipinski definition) is 5. The zero-order chi connectivity index (χ0) is 15.4. The van der Waals surface area contributed by atoms with Gasteiger partial charge in [-0.1, -0.05) is 41.7 Å². The molecule has 3 aromatic rings. The number of hydrogen-bond donors (Lipinski definition) is 1. The summed E-state index contributed by atoms with van der Waals surface area (Å²) >= 11 is 1.28. The highest BCUT2D eigenvalue weighted by Crippen LogP contribution is 2.31. The van der Waals surface area contributed by atoms with Crippen molar-refractivity contribution in [1.29, 1.82) is 0 Å². The Morgan fingerprint density at radius 1 is 1.18 bits per heavy atom. The fourth-order valence-electron chi connectivity index (χ4n) is 2.09. The molecule has 5 nitrogen and oxygen atoms in total. The number of benzene rings is 2. The maximum atomic E-state index is 12.3. The summed E-state index contributed by atoms with van der Waals surface area (Å²) in [6.45, 7) is 0. The smallest absolute Gasteiger partial charge is 0.257 e. The summed E-state index contributed by atoms with van der Waals surface area (Å²) in [4.78, 5) is 12.3. The Morgan fingerprint density at radius 3 is 2.68 bits per heavy atom. The summed E-state index contributed by atoms with van der Waals surface area (Å²) in [5.41, 5.74) is 3.96. The van der Waals surface area contributed by atoms with E-state index < -0.39 is 0 Å². The molecule has 3 rings (SSSR count). The van der Waals surface area contributed by atoms with Gasteiger partial charge in [0.05, 0.1) is 7.11 Å². The highest BCUT2D eigenvalue weighted by atomic mass is 32.1. The van der Waals surface area contributed by atoms with Crippen molar-refractivity contribution >= 4 is 22.4 Å². The van der Waals surface area contributed by atoms with Gasteiger partial charge in [-0.2, -0.15) is 0 Å². The molecule has 1 amide bonds. The van der Waals surface area contributed by atoms with E-state index in [0.717, 1.165) is 16.9 Å². The van der Waals surface area contributed by atoms with Crippen molar-refractivity contribution in [2.24, 2.45) is 0 Å². The quantitative estimate of drug-likeness (QED) is 0.801. The van der Waals surface area contributed by atoms with E-state index in [-0.39, 0.29) is 5.91 Å². The van der Waals surface area contributed by atoms with Crippen LogP contribution in [0, 0.1) is 0 Å². The number of methoxy groups -OCH3 is 1. The van der Waals surface area contributed by atoms with Gasteiger partial charge in [-0.15, -0.1) is 10.2 Å². The van der Waals surface area contributed by atoms with E-state index in [1.807, 2.05) is 36.4 Å². The Morgan fingerprint density at radius 2 is 2.00 bits per heavy atom. The molecule has 0 saturated carbocycles. The topological polar surface area (TPSA) is 64.1 Å². The van der Waals surface area contributed by atoms with E-state index in [1.165, 1.54) is 11.3 Å². The predicted molar refractivity (Wildman–Crippen MR) is 86.3 cm³/mol. The van der Waals surface area contributed by atoms with Crippen LogP contribution in [0.5, 0.6) is 5.75 Å². The van der Waals surface area contributed by atoms with Crippen LogP contribution in [0.2, 0.25) is 0 Å². The predicted octanol–water partition coefficient (Wildman–Crippen LogP) is 3.47. The van der Waals surface area contributed by atoms with Crippen molar-refractivity contribution in [3.05, 3.63) is 59.6 Å². The maximum Gasteiger partial charge on any atom is 0.257 e. The third kappa shape index (κ3) is 2.96. The van der Waals surface area contributed by atoms with Gasteiger partial charge in [-0.25, -0.2) is 0 Å². The van der Waals surface area contributed by atoms with Crippen LogP contribution < -0.4 is 10.1 Å². The number of ether oxygens (including phenoxy) is 1. The van der Waals surface area contributed by atoms with Crippen molar-refractivity contribution < 1.29 is 9.53 Å². The van der Waals surface area contributed by atoms with Gasteiger partial charge in [0.15, 0.2) is 0 Å². The minimum Gasteiger partial charge on any atom is -0.496 e. The monoisotopic (exact) mass is 311 g/mol. The van der Waals surface area contributed by atoms with Crippen molar-refractivity contribution in [2.45, 2.75) is 0 Å². The lowest BCUT2D eigenvalue weighted by atomic mass is 10.0. The molecule has 0 aliphatic carbocycles. The van der Waals surface area contributed by atoms with E-state index in [0.29, 0.717) is 10.7 Å². The van der Waals surface area contributed by atoms with Gasteiger partial charge in [0.25, 0.3) is 5.91 Å². The molecule has 1 heterocycles. The molecule has 0 aliphatic rings. The third-order valence-electron chi connectivity index (χ3n) is 3.13. The molecule has 0 aliphatic heterocycles. The second-order valence-electron chi connectivity index (χ2n) is 4.48. The molecule has 1 N–H and O–H groups in total. The van der Waals surface area contributed by atoms with Gasteiger partial charge in [0.1, 0.15) is 11.3 Å². The summed E-state index contributed by atoms with van der Waals surface area (Å²) in [6, 6.07) is 15.1. The molecule has 0 spiro atoms. The van der Waals surface area contributed by atoms with Gasteiger partial charge >= 0.3 is 0 Å². The maximum absolute atomic E-state index is 12.3. The lowest BCUT2D eigenvalue weighted by Crippen LogP contribution is -2.12. The van der Waals surface area contributed by atoms with Crippen LogP contribution in [-0.4, -0.2) is 23.2 Å². The van der Waals surface area contributed by atoms with Crippen LogP contribution in [0.15, 0.2) is 54.0 Å². The second-order valence-corrected chi connectivity index (χ2v) is 5.31. The molecular weight excluding hydrogens is 298 g/mol. The number of nitrogens with one attached hydrogen (secondary N) is 1. The van der Waals surface area contributed by atoms with Crippen LogP contribution in [0.1, 0.15) is 10.4 Å². The largest absolute Gasteiger partial charge is 0.496 e. The van der Waals surface area contributed by atoms with E-state index in [2.05, 4.69) is 15.5 Å². The number of aromatic nitrogens is 2. The fraction of sp³-hybridized carbons (Fsp3) is 0.0625. The molecule has 0 fully saturated rings. The van der Waals surface area contributed by atoms with Crippen LogP contribution in [0.25, 0.3) is 11.1 Å². The molecular formula is C16H13N3O2S. The summed E-state index contributed by atoms with van der Waals surface area (Å²) in [5.74, 6) is 0.496. The molecule has 0 saturated heterocycles. The number of rotatable bonds is 4. The summed E-state index contributed by atoms with van der Waals surface area (Å²) in [6.07, 6.45) is 0. The first-order chi connectivity index (χ1) is 10.8. The Hall–Kier alpha value is -2.73. The molecule has 110 valence electrons. The third-order valence-corrected chi connectivity index (χ3v) is 3.73. The molecule has 22 heavy (non-hydrogen) atoms. The second kappa shape index (κ2) is 6.36. The highest BCUT2D eigenvalue weighted by Gasteiger charge is 2.12. The van der Waals surface area contributed by atoms with Gasteiger partial charge in [-0.05, 0) is 23.8 Å². The van der Waals surface area contributed by atoms with E-state index in [4.69, 9.17) is 4.74 Å². The Labute approximate surface area is 131 Å². The van der Waals surface area contributed by atoms with E-state index in [9.17, 15) is 4.79 Å². The average Bonchev–Trinajstić information content (AvgIpc) is 3.08. The van der Waals surface area contributed by atoms with Crippen molar-refractivity contribution in [3.8, 4) is 16.9 Å². The highest BCUT2D eigenvalue weighted by molar-refractivity contribution is 7.13. The molecule has 6 heteroatoms. The number of nitrogens with zero attached hydrogens (tertiary/aromatic N) is 2. The van der Waals surface area contributed by atoms with Gasteiger partial charge in [0.2, 0.25) is 5.13 Å². The zero-order valence-corrected chi connectivity index (χ0v) is 12.6. The lowest BCUT2D eigenvalue weighted by molar-refractivity contribution is 0.102. The van der Waals surface area contributed by atoms with Crippen LogP contribution >= 0.6 is 11.3 Å². The summed E-state index contributed by atoms with van der Waals surface area (Å²) < 4.78 is 5.39. The zero-order valence-electron chi connectivity index (χ0n) is 11.8.